The predicted molar refractivity (Wildman–Crippen MR) is 82.5 cm³/mol. The lowest BCUT2D eigenvalue weighted by atomic mass is 9.98. The quantitative estimate of drug-likeness (QED) is 0.755. The summed E-state index contributed by atoms with van der Waals surface area (Å²) >= 11 is 0. The van der Waals surface area contributed by atoms with E-state index in [9.17, 15) is 4.79 Å². The number of hydrogen-bond donors (Lipinski definition) is 0. The van der Waals surface area contributed by atoms with Gasteiger partial charge in [0.2, 0.25) is 0 Å². The van der Waals surface area contributed by atoms with Crippen LogP contribution in [-0.2, 0) is 9.53 Å². The van der Waals surface area contributed by atoms with Crippen LogP contribution >= 0.6 is 0 Å². The summed E-state index contributed by atoms with van der Waals surface area (Å²) in [5, 5.41) is 0. The van der Waals surface area contributed by atoms with Crippen molar-refractivity contribution in [2.75, 3.05) is 32.8 Å². The average molecular weight is 291 g/mol. The van der Waals surface area contributed by atoms with E-state index >= 15 is 0 Å². The van der Waals surface area contributed by atoms with Gasteiger partial charge >= 0.3 is 5.97 Å². The van der Waals surface area contributed by atoms with Gasteiger partial charge in [-0.1, -0.05) is 17.7 Å². The molecule has 0 saturated carbocycles. The summed E-state index contributed by atoms with van der Waals surface area (Å²) < 4.78 is 10.9. The Morgan fingerprint density at radius 2 is 2.10 bits per heavy atom. The van der Waals surface area contributed by atoms with Gasteiger partial charge < -0.3 is 9.47 Å². The van der Waals surface area contributed by atoms with Crippen LogP contribution in [0.4, 0.5) is 0 Å². The van der Waals surface area contributed by atoms with Crippen LogP contribution in [0, 0.1) is 12.8 Å². The monoisotopic (exact) mass is 291 g/mol. The first-order valence-corrected chi connectivity index (χ1v) is 7.77. The van der Waals surface area contributed by atoms with E-state index in [2.05, 4.69) is 11.8 Å². The molecular weight excluding hydrogens is 266 g/mol. The van der Waals surface area contributed by atoms with Crippen LogP contribution in [0.25, 0.3) is 0 Å². The zero-order valence-corrected chi connectivity index (χ0v) is 13.0. The molecule has 1 saturated heterocycles. The molecule has 0 spiro atoms. The predicted octanol–water partition coefficient (Wildman–Crippen LogP) is 2.65. The minimum absolute atomic E-state index is 0.0260. The van der Waals surface area contributed by atoms with Crippen LogP contribution < -0.4 is 4.74 Å². The summed E-state index contributed by atoms with van der Waals surface area (Å²) in [7, 11) is 0. The highest BCUT2D eigenvalue weighted by molar-refractivity contribution is 5.72. The summed E-state index contributed by atoms with van der Waals surface area (Å²) in [6.45, 7) is 7.71. The maximum absolute atomic E-state index is 11.8. The fourth-order valence-corrected chi connectivity index (χ4v) is 2.64. The van der Waals surface area contributed by atoms with E-state index in [1.165, 1.54) is 5.56 Å². The van der Waals surface area contributed by atoms with E-state index < -0.39 is 0 Å². The number of nitrogens with zero attached hydrogens (tertiary/aromatic N) is 1. The Balaban J connectivity index is 1.72. The van der Waals surface area contributed by atoms with Crippen molar-refractivity contribution >= 4 is 5.97 Å². The topological polar surface area (TPSA) is 38.8 Å². The van der Waals surface area contributed by atoms with Crippen LogP contribution in [0.2, 0.25) is 0 Å². The average Bonchev–Trinajstić information content (AvgIpc) is 2.50. The lowest BCUT2D eigenvalue weighted by Gasteiger charge is -2.31. The van der Waals surface area contributed by atoms with Crippen LogP contribution in [0.1, 0.15) is 25.3 Å². The van der Waals surface area contributed by atoms with E-state index in [4.69, 9.17) is 9.47 Å². The summed E-state index contributed by atoms with van der Waals surface area (Å²) in [6, 6.07) is 8.08. The molecule has 1 atom stereocenters. The van der Waals surface area contributed by atoms with Gasteiger partial charge in [-0.2, -0.15) is 0 Å². The fraction of sp³-hybridized carbons (Fsp3) is 0.588. The second kappa shape index (κ2) is 8.03. The van der Waals surface area contributed by atoms with E-state index in [-0.39, 0.29) is 11.9 Å². The van der Waals surface area contributed by atoms with Gasteiger partial charge in [0, 0.05) is 13.1 Å². The summed E-state index contributed by atoms with van der Waals surface area (Å²) in [6.07, 6.45) is 1.99. The lowest BCUT2D eigenvalue weighted by molar-refractivity contribution is -0.150. The molecule has 116 valence electrons. The van der Waals surface area contributed by atoms with Gasteiger partial charge in [-0.25, -0.2) is 0 Å². The van der Waals surface area contributed by atoms with Crippen molar-refractivity contribution in [3.05, 3.63) is 29.8 Å². The Hall–Kier alpha value is -1.55. The molecule has 1 aromatic carbocycles. The zero-order valence-electron chi connectivity index (χ0n) is 13.0. The van der Waals surface area contributed by atoms with Crippen molar-refractivity contribution in [1.82, 2.24) is 4.90 Å². The first kappa shape index (κ1) is 15.8. The highest BCUT2D eigenvalue weighted by Crippen LogP contribution is 2.18. The molecule has 0 N–H and O–H groups in total. The number of aryl methyl sites for hydroxylation is 1. The molecule has 21 heavy (non-hydrogen) atoms. The van der Waals surface area contributed by atoms with Gasteiger partial charge in [0.1, 0.15) is 12.4 Å². The van der Waals surface area contributed by atoms with Gasteiger partial charge in [0.15, 0.2) is 0 Å². The molecule has 0 aromatic heterocycles. The molecule has 0 amide bonds. The molecule has 0 bridgehead atoms. The first-order chi connectivity index (χ1) is 10.2. The van der Waals surface area contributed by atoms with E-state index in [0.29, 0.717) is 13.2 Å². The molecular formula is C17H25NO3. The van der Waals surface area contributed by atoms with E-state index in [0.717, 1.165) is 38.2 Å². The first-order valence-electron chi connectivity index (χ1n) is 7.77. The smallest absolute Gasteiger partial charge is 0.310 e. The molecule has 1 heterocycles. The number of esters is 1. The Morgan fingerprint density at radius 1 is 1.33 bits per heavy atom. The number of carbonyl (C=O) groups excluding carboxylic acids is 1. The highest BCUT2D eigenvalue weighted by Gasteiger charge is 2.26. The van der Waals surface area contributed by atoms with Crippen molar-refractivity contribution in [2.45, 2.75) is 26.7 Å². The normalized spacial score (nSPS) is 19.2. The zero-order chi connectivity index (χ0) is 15.1. The minimum atomic E-state index is -0.0540. The standard InChI is InChI=1S/C17H25NO3/c1-3-20-17(19)15-5-4-10-18(13-15)11-12-21-16-8-6-14(2)7-9-16/h6-9,15H,3-5,10-13H2,1-2H3. The highest BCUT2D eigenvalue weighted by atomic mass is 16.5. The summed E-state index contributed by atoms with van der Waals surface area (Å²) in [5.41, 5.74) is 1.23. The maximum Gasteiger partial charge on any atom is 0.310 e. The summed E-state index contributed by atoms with van der Waals surface area (Å²) in [4.78, 5) is 14.1. The van der Waals surface area contributed by atoms with E-state index in [1.807, 2.05) is 31.2 Å². The summed E-state index contributed by atoms with van der Waals surface area (Å²) in [5.74, 6) is 0.874. The molecule has 1 fully saturated rings. The van der Waals surface area contributed by atoms with Crippen molar-refractivity contribution < 1.29 is 14.3 Å². The van der Waals surface area contributed by atoms with Gasteiger partial charge in [-0.3, -0.25) is 9.69 Å². The lowest BCUT2D eigenvalue weighted by Crippen LogP contribution is -2.41. The molecule has 0 aliphatic carbocycles. The Labute approximate surface area is 127 Å². The van der Waals surface area contributed by atoms with Crippen LogP contribution in [0.3, 0.4) is 0 Å². The fourth-order valence-electron chi connectivity index (χ4n) is 2.64. The SMILES string of the molecule is CCOC(=O)C1CCCN(CCOc2ccc(C)cc2)C1. The van der Waals surface area contributed by atoms with Gasteiger partial charge in [-0.15, -0.1) is 0 Å². The largest absolute Gasteiger partial charge is 0.492 e. The minimum Gasteiger partial charge on any atom is -0.492 e. The third-order valence-electron chi connectivity index (χ3n) is 3.82. The molecule has 1 aliphatic rings. The second-order valence-electron chi connectivity index (χ2n) is 5.55. The Morgan fingerprint density at radius 3 is 2.81 bits per heavy atom. The molecule has 4 nitrogen and oxygen atoms in total. The Bertz CT molecular complexity index is 444. The number of rotatable bonds is 6. The second-order valence-corrected chi connectivity index (χ2v) is 5.55. The molecule has 2 rings (SSSR count). The third-order valence-corrected chi connectivity index (χ3v) is 3.82. The number of hydrogen-bond acceptors (Lipinski definition) is 4. The number of piperidine rings is 1. The van der Waals surface area contributed by atoms with Crippen LogP contribution in [-0.4, -0.2) is 43.7 Å². The van der Waals surface area contributed by atoms with Crippen molar-refractivity contribution in [3.63, 3.8) is 0 Å². The maximum atomic E-state index is 11.8. The van der Waals surface area contributed by atoms with Gasteiger partial charge in [0.25, 0.3) is 0 Å². The molecule has 0 radical (unpaired) electrons. The molecule has 1 aliphatic heterocycles. The number of carbonyl (C=O) groups is 1. The number of ether oxygens (including phenoxy) is 2. The number of likely N-dealkylation sites (tertiary alicyclic amines) is 1. The molecule has 1 aromatic rings. The van der Waals surface area contributed by atoms with Crippen molar-refractivity contribution in [2.24, 2.45) is 5.92 Å². The van der Waals surface area contributed by atoms with E-state index in [1.54, 1.807) is 0 Å². The molecule has 4 heteroatoms. The van der Waals surface area contributed by atoms with Crippen LogP contribution in [0.5, 0.6) is 5.75 Å². The van der Waals surface area contributed by atoms with Gasteiger partial charge in [0.05, 0.1) is 12.5 Å². The third kappa shape index (κ3) is 5.05. The van der Waals surface area contributed by atoms with Crippen molar-refractivity contribution in [3.8, 4) is 5.75 Å². The van der Waals surface area contributed by atoms with Crippen LogP contribution in [0.15, 0.2) is 24.3 Å². The van der Waals surface area contributed by atoms with Gasteiger partial charge in [-0.05, 0) is 45.4 Å². The molecule has 1 unspecified atom stereocenters. The van der Waals surface area contributed by atoms with Crippen molar-refractivity contribution in [1.29, 1.82) is 0 Å². The number of benzene rings is 1. The Kier molecular flexibility index (Phi) is 6.05.